The van der Waals surface area contributed by atoms with Crippen molar-refractivity contribution in [2.75, 3.05) is 0 Å². The predicted octanol–water partition coefficient (Wildman–Crippen LogP) is 2.41. The van der Waals surface area contributed by atoms with Gasteiger partial charge in [-0.2, -0.15) is 0 Å². The standard InChI is InChI=1S/C11H14N2O2/c1-8(12-10-4-5-10)9-2-6-11(7-3-9)13(14)15/h2-3,6-8,10,12H,4-5H2,1H3/t8-/m1/s1. The summed E-state index contributed by atoms with van der Waals surface area (Å²) >= 11 is 0. The number of nitrogens with zero attached hydrogens (tertiary/aromatic N) is 1. The Hall–Kier alpha value is -1.42. The zero-order valence-corrected chi connectivity index (χ0v) is 8.64. The molecule has 1 saturated carbocycles. The van der Waals surface area contributed by atoms with Crippen LogP contribution in [0.5, 0.6) is 0 Å². The lowest BCUT2D eigenvalue weighted by atomic mass is 10.1. The van der Waals surface area contributed by atoms with Crippen LogP contribution in [-0.4, -0.2) is 11.0 Å². The molecule has 0 radical (unpaired) electrons. The van der Waals surface area contributed by atoms with Crippen molar-refractivity contribution in [3.63, 3.8) is 0 Å². The second kappa shape index (κ2) is 3.98. The summed E-state index contributed by atoms with van der Waals surface area (Å²) in [7, 11) is 0. The molecule has 1 N–H and O–H groups in total. The summed E-state index contributed by atoms with van der Waals surface area (Å²) < 4.78 is 0. The van der Waals surface area contributed by atoms with E-state index < -0.39 is 0 Å². The largest absolute Gasteiger partial charge is 0.307 e. The molecule has 0 spiro atoms. The number of rotatable bonds is 4. The van der Waals surface area contributed by atoms with Crippen molar-refractivity contribution in [3.8, 4) is 0 Å². The molecule has 0 unspecified atom stereocenters. The highest BCUT2D eigenvalue weighted by atomic mass is 16.6. The van der Waals surface area contributed by atoms with Gasteiger partial charge in [0.05, 0.1) is 4.92 Å². The maximum atomic E-state index is 10.5. The first-order valence-electron chi connectivity index (χ1n) is 5.17. The van der Waals surface area contributed by atoms with Gasteiger partial charge in [0.2, 0.25) is 0 Å². The van der Waals surface area contributed by atoms with Crippen LogP contribution in [0.3, 0.4) is 0 Å². The van der Waals surface area contributed by atoms with Crippen molar-refractivity contribution in [1.82, 2.24) is 5.32 Å². The first-order valence-corrected chi connectivity index (χ1v) is 5.17. The number of non-ortho nitro benzene ring substituents is 1. The van der Waals surface area contributed by atoms with E-state index >= 15 is 0 Å². The molecular formula is C11H14N2O2. The highest BCUT2D eigenvalue weighted by Crippen LogP contribution is 2.24. The monoisotopic (exact) mass is 206 g/mol. The first kappa shape index (κ1) is 10.1. The summed E-state index contributed by atoms with van der Waals surface area (Å²) in [4.78, 5) is 10.1. The normalized spacial score (nSPS) is 17.4. The van der Waals surface area contributed by atoms with Crippen LogP contribution in [0.15, 0.2) is 24.3 Å². The van der Waals surface area contributed by atoms with E-state index in [0.717, 1.165) is 5.56 Å². The van der Waals surface area contributed by atoms with Crippen LogP contribution < -0.4 is 5.32 Å². The maximum absolute atomic E-state index is 10.5. The van der Waals surface area contributed by atoms with E-state index in [4.69, 9.17) is 0 Å². The fourth-order valence-electron chi connectivity index (χ4n) is 1.58. The summed E-state index contributed by atoms with van der Waals surface area (Å²) in [5.41, 5.74) is 1.25. The third kappa shape index (κ3) is 2.53. The van der Waals surface area contributed by atoms with E-state index in [1.165, 1.54) is 12.8 Å². The van der Waals surface area contributed by atoms with Gasteiger partial charge in [0.15, 0.2) is 0 Å². The molecule has 0 bridgehead atoms. The van der Waals surface area contributed by atoms with Crippen LogP contribution in [-0.2, 0) is 0 Å². The Bertz CT molecular complexity index is 357. The lowest BCUT2D eigenvalue weighted by Crippen LogP contribution is -2.20. The summed E-state index contributed by atoms with van der Waals surface area (Å²) in [6, 6.07) is 7.67. The van der Waals surface area contributed by atoms with Gasteiger partial charge in [0.1, 0.15) is 0 Å². The number of benzene rings is 1. The van der Waals surface area contributed by atoms with Gasteiger partial charge in [0.25, 0.3) is 5.69 Å². The van der Waals surface area contributed by atoms with Gasteiger partial charge >= 0.3 is 0 Å². The molecule has 1 aliphatic rings. The van der Waals surface area contributed by atoms with Crippen LogP contribution in [0.2, 0.25) is 0 Å². The first-order chi connectivity index (χ1) is 7.16. The fourth-order valence-corrected chi connectivity index (χ4v) is 1.58. The Balaban J connectivity index is 2.04. The van der Waals surface area contributed by atoms with Crippen LogP contribution in [0.4, 0.5) is 5.69 Å². The quantitative estimate of drug-likeness (QED) is 0.608. The highest BCUT2D eigenvalue weighted by molar-refractivity contribution is 5.34. The van der Waals surface area contributed by atoms with Crippen LogP contribution in [0.1, 0.15) is 31.4 Å². The van der Waals surface area contributed by atoms with Crippen molar-refractivity contribution < 1.29 is 4.92 Å². The average molecular weight is 206 g/mol. The molecule has 4 nitrogen and oxygen atoms in total. The minimum Gasteiger partial charge on any atom is -0.307 e. The van der Waals surface area contributed by atoms with E-state index in [1.807, 2.05) is 12.1 Å². The van der Waals surface area contributed by atoms with Gasteiger partial charge in [-0.3, -0.25) is 10.1 Å². The average Bonchev–Trinajstić information content (AvgIpc) is 3.02. The number of nitro groups is 1. The lowest BCUT2D eigenvalue weighted by Gasteiger charge is -2.12. The van der Waals surface area contributed by atoms with Gasteiger partial charge in [-0.25, -0.2) is 0 Å². The Labute approximate surface area is 88.5 Å². The molecule has 1 aromatic rings. The Morgan fingerprint density at radius 3 is 2.47 bits per heavy atom. The van der Waals surface area contributed by atoms with Gasteiger partial charge < -0.3 is 5.32 Å². The second-order valence-electron chi connectivity index (χ2n) is 4.01. The second-order valence-corrected chi connectivity index (χ2v) is 4.01. The van der Waals surface area contributed by atoms with Crippen LogP contribution in [0, 0.1) is 10.1 Å². The van der Waals surface area contributed by atoms with Crippen LogP contribution in [0.25, 0.3) is 0 Å². The lowest BCUT2D eigenvalue weighted by molar-refractivity contribution is -0.384. The van der Waals surface area contributed by atoms with Gasteiger partial charge in [-0.1, -0.05) is 12.1 Å². The molecule has 1 fully saturated rings. The SMILES string of the molecule is C[C@@H](NC1CC1)c1ccc([N+](=O)[O-])cc1. The van der Waals surface area contributed by atoms with Gasteiger partial charge in [-0.15, -0.1) is 0 Å². The van der Waals surface area contributed by atoms with Crippen molar-refractivity contribution in [1.29, 1.82) is 0 Å². The summed E-state index contributed by atoms with van der Waals surface area (Å²) in [6.07, 6.45) is 2.49. The minimum atomic E-state index is -0.372. The number of hydrogen-bond acceptors (Lipinski definition) is 3. The number of hydrogen-bond donors (Lipinski definition) is 1. The van der Waals surface area contributed by atoms with Crippen molar-refractivity contribution >= 4 is 5.69 Å². The predicted molar refractivity (Wildman–Crippen MR) is 57.7 cm³/mol. The zero-order chi connectivity index (χ0) is 10.8. The Morgan fingerprint density at radius 1 is 1.40 bits per heavy atom. The van der Waals surface area contributed by atoms with Crippen molar-refractivity contribution in [2.45, 2.75) is 31.8 Å². The topological polar surface area (TPSA) is 55.2 Å². The number of nitrogens with one attached hydrogen (secondary N) is 1. The molecule has 0 amide bonds. The van der Waals surface area contributed by atoms with Crippen molar-refractivity contribution in [2.24, 2.45) is 0 Å². The van der Waals surface area contributed by atoms with Crippen LogP contribution >= 0.6 is 0 Å². The molecule has 15 heavy (non-hydrogen) atoms. The van der Waals surface area contributed by atoms with Gasteiger partial charge in [0, 0.05) is 24.2 Å². The maximum Gasteiger partial charge on any atom is 0.269 e. The smallest absolute Gasteiger partial charge is 0.269 e. The van der Waals surface area contributed by atoms with E-state index in [0.29, 0.717) is 6.04 Å². The molecule has 4 heteroatoms. The highest BCUT2D eigenvalue weighted by Gasteiger charge is 2.23. The zero-order valence-electron chi connectivity index (χ0n) is 8.64. The minimum absolute atomic E-state index is 0.150. The van der Waals surface area contributed by atoms with E-state index in [-0.39, 0.29) is 16.7 Å². The fraction of sp³-hybridized carbons (Fsp3) is 0.455. The van der Waals surface area contributed by atoms with Crippen molar-refractivity contribution in [3.05, 3.63) is 39.9 Å². The summed E-state index contributed by atoms with van der Waals surface area (Å²) in [6.45, 7) is 2.08. The molecular weight excluding hydrogens is 192 g/mol. The molecule has 2 rings (SSSR count). The molecule has 0 heterocycles. The third-order valence-electron chi connectivity index (χ3n) is 2.67. The molecule has 80 valence electrons. The van der Waals surface area contributed by atoms with Gasteiger partial charge in [-0.05, 0) is 25.3 Å². The van der Waals surface area contributed by atoms with E-state index in [1.54, 1.807) is 12.1 Å². The Kier molecular flexibility index (Phi) is 2.68. The molecule has 0 saturated heterocycles. The molecule has 0 aromatic heterocycles. The molecule has 1 aromatic carbocycles. The van der Waals surface area contributed by atoms with E-state index in [2.05, 4.69) is 12.2 Å². The number of nitro benzene ring substituents is 1. The van der Waals surface area contributed by atoms with E-state index in [9.17, 15) is 10.1 Å². The summed E-state index contributed by atoms with van der Waals surface area (Å²) in [5.74, 6) is 0. The Morgan fingerprint density at radius 2 is 2.00 bits per heavy atom. The summed E-state index contributed by atoms with van der Waals surface area (Å²) in [5, 5.41) is 13.9. The third-order valence-corrected chi connectivity index (χ3v) is 2.67. The molecule has 1 atom stereocenters. The molecule has 0 aliphatic heterocycles. The molecule has 1 aliphatic carbocycles.